The lowest BCUT2D eigenvalue weighted by molar-refractivity contribution is 0.203. The third kappa shape index (κ3) is 4.83. The largest absolute Gasteiger partial charge is 0.367 e. The zero-order chi connectivity index (χ0) is 23.8. The predicted molar refractivity (Wildman–Crippen MR) is 108 cm³/mol. The number of fused-ring (bicyclic) bond motifs is 1. The Labute approximate surface area is 180 Å². The molecule has 0 bridgehead atoms. The van der Waals surface area contributed by atoms with Crippen LogP contribution in [0.2, 0.25) is 0 Å². The van der Waals surface area contributed by atoms with Crippen molar-refractivity contribution >= 4 is 21.5 Å². The van der Waals surface area contributed by atoms with Crippen LogP contribution in [-0.4, -0.2) is 52.8 Å². The maximum absolute atomic E-state index is 14.2. The molecule has 0 spiro atoms. The van der Waals surface area contributed by atoms with Crippen LogP contribution in [0.15, 0.2) is 18.3 Å². The highest BCUT2D eigenvalue weighted by Crippen LogP contribution is 2.31. The van der Waals surface area contributed by atoms with Gasteiger partial charge in [0, 0.05) is 30.8 Å². The van der Waals surface area contributed by atoms with Crippen LogP contribution in [0.5, 0.6) is 0 Å². The first-order valence-corrected chi connectivity index (χ1v) is 11.3. The van der Waals surface area contributed by atoms with Gasteiger partial charge >= 0.3 is 0 Å². The first-order chi connectivity index (χ1) is 14.9. The summed E-state index contributed by atoms with van der Waals surface area (Å²) in [6.07, 6.45) is 2.36. The Hall–Kier alpha value is -2.80. The molecular weight excluding hydrogens is 457 g/mol. The molecule has 1 saturated heterocycles. The second-order valence-electron chi connectivity index (χ2n) is 7.31. The Morgan fingerprint density at radius 3 is 2.41 bits per heavy atom. The van der Waals surface area contributed by atoms with E-state index in [1.165, 1.54) is 4.31 Å². The molecule has 1 unspecified atom stereocenters. The number of benzene rings is 1. The van der Waals surface area contributed by atoms with Gasteiger partial charge in [0.2, 0.25) is 16.0 Å². The Morgan fingerprint density at radius 1 is 1.12 bits per heavy atom. The average molecular weight is 477 g/mol. The second-order valence-corrected chi connectivity index (χ2v) is 9.29. The van der Waals surface area contributed by atoms with E-state index < -0.39 is 45.0 Å². The average Bonchev–Trinajstić information content (AvgIpc) is 3.01. The van der Waals surface area contributed by atoms with E-state index in [4.69, 9.17) is 5.73 Å². The van der Waals surface area contributed by atoms with Crippen molar-refractivity contribution in [2.24, 2.45) is 0 Å². The number of hydrogen-bond acceptors (Lipinski definition) is 5. The summed E-state index contributed by atoms with van der Waals surface area (Å²) < 4.78 is 91.8. The van der Waals surface area contributed by atoms with Gasteiger partial charge in [0.1, 0.15) is 29.1 Å². The summed E-state index contributed by atoms with van der Waals surface area (Å²) in [6, 6.07) is 1.43. The molecule has 1 aliphatic rings. The quantitative estimate of drug-likeness (QED) is 0.572. The molecule has 1 aliphatic heterocycles. The van der Waals surface area contributed by atoms with Gasteiger partial charge < -0.3 is 5.73 Å². The van der Waals surface area contributed by atoms with Gasteiger partial charge in [-0.2, -0.15) is 4.31 Å². The Morgan fingerprint density at radius 2 is 1.81 bits per heavy atom. The maximum atomic E-state index is 14.2. The van der Waals surface area contributed by atoms with Crippen LogP contribution < -0.4 is 5.73 Å². The molecule has 3 heterocycles. The highest BCUT2D eigenvalue weighted by atomic mass is 32.2. The van der Waals surface area contributed by atoms with Gasteiger partial charge in [0.05, 0.1) is 23.7 Å². The number of sulfonamides is 1. The van der Waals surface area contributed by atoms with Crippen LogP contribution in [0.25, 0.3) is 16.8 Å². The minimum atomic E-state index is -3.17. The van der Waals surface area contributed by atoms with Crippen LogP contribution in [0.4, 0.5) is 27.9 Å². The van der Waals surface area contributed by atoms with Crippen LogP contribution in [0, 0.1) is 30.2 Å². The third-order valence-corrected chi connectivity index (χ3v) is 6.21. The molecule has 174 valence electrons. The summed E-state index contributed by atoms with van der Waals surface area (Å²) in [6.45, 7) is 1.67. The smallest absolute Gasteiger partial charge is 0.238 e. The molecule has 0 saturated carbocycles. The van der Waals surface area contributed by atoms with Crippen molar-refractivity contribution in [3.63, 3.8) is 0 Å². The Balaban J connectivity index is 0.000000222. The summed E-state index contributed by atoms with van der Waals surface area (Å²) in [5.41, 5.74) is 4.14. The molecule has 0 aliphatic carbocycles. The molecule has 2 N–H and O–H groups in total. The summed E-state index contributed by atoms with van der Waals surface area (Å²) in [4.78, 5) is 3.61. The monoisotopic (exact) mass is 477 g/mol. The third-order valence-electron chi connectivity index (χ3n) is 4.94. The van der Waals surface area contributed by atoms with Crippen molar-refractivity contribution in [1.29, 1.82) is 0 Å². The summed E-state index contributed by atoms with van der Waals surface area (Å²) >= 11 is 0. The molecule has 32 heavy (non-hydrogen) atoms. The fourth-order valence-electron chi connectivity index (χ4n) is 3.26. The van der Waals surface area contributed by atoms with Gasteiger partial charge in [0.15, 0.2) is 5.82 Å². The van der Waals surface area contributed by atoms with Crippen molar-refractivity contribution in [3.05, 3.63) is 47.2 Å². The molecular formula is C19H20F5N5O2S. The molecule has 2 aromatic heterocycles. The highest BCUT2D eigenvalue weighted by Gasteiger charge is 2.25. The van der Waals surface area contributed by atoms with Crippen molar-refractivity contribution < 1.29 is 30.4 Å². The van der Waals surface area contributed by atoms with Crippen molar-refractivity contribution in [2.45, 2.75) is 25.9 Å². The van der Waals surface area contributed by atoms with E-state index >= 15 is 0 Å². The van der Waals surface area contributed by atoms with E-state index in [1.54, 1.807) is 0 Å². The van der Waals surface area contributed by atoms with Gasteiger partial charge in [-0.1, -0.05) is 0 Å². The van der Waals surface area contributed by atoms with Crippen LogP contribution >= 0.6 is 0 Å². The van der Waals surface area contributed by atoms with Gasteiger partial charge in [-0.25, -0.2) is 39.9 Å². The lowest BCUT2D eigenvalue weighted by Gasteiger charge is -2.26. The summed E-state index contributed by atoms with van der Waals surface area (Å²) in [7, 11) is -3.17. The lowest BCUT2D eigenvalue weighted by Crippen LogP contribution is -2.39. The molecule has 4 rings (SSSR count). The fraction of sp³-hybridized carbons (Fsp3) is 0.368. The molecule has 13 heteroatoms. The van der Waals surface area contributed by atoms with E-state index in [1.807, 2.05) is 0 Å². The number of anilines is 1. The molecule has 7 nitrogen and oxygen atoms in total. The minimum Gasteiger partial charge on any atom is -0.367 e. The normalized spacial score (nSPS) is 17.3. The van der Waals surface area contributed by atoms with Gasteiger partial charge in [-0.05, 0) is 19.8 Å². The highest BCUT2D eigenvalue weighted by molar-refractivity contribution is 7.88. The minimum absolute atomic E-state index is 0.0405. The standard InChI is InChI=1S/C13H8F4N4.C6H12FNO2S/c1-5-6(14)2-8(16)11(12(5)17)9-3-7(15)10-4-19-13(18)20-21(9)10;1-11(9,10)8-4-2-3-6(7)5-8/h2-4H,1H3,(H2,18,20);6H,2-5H2,1H3. The van der Waals surface area contributed by atoms with Gasteiger partial charge in [-0.15, -0.1) is 5.10 Å². The second kappa shape index (κ2) is 8.98. The summed E-state index contributed by atoms with van der Waals surface area (Å²) in [5, 5.41) is 3.72. The Bertz CT molecular complexity index is 1260. The van der Waals surface area contributed by atoms with Crippen LogP contribution in [-0.2, 0) is 10.0 Å². The molecule has 0 radical (unpaired) electrons. The first kappa shape index (κ1) is 23.9. The van der Waals surface area contributed by atoms with E-state index in [-0.39, 0.29) is 29.3 Å². The van der Waals surface area contributed by atoms with Crippen molar-refractivity contribution in [3.8, 4) is 11.3 Å². The SMILES string of the molecule is CS(=O)(=O)N1CCCC(F)C1.Cc1c(F)cc(F)c(-c2cc(F)c3cnc(N)nn23)c1F. The van der Waals surface area contributed by atoms with Crippen molar-refractivity contribution in [1.82, 2.24) is 18.9 Å². The maximum Gasteiger partial charge on any atom is 0.238 e. The number of nitrogens with two attached hydrogens (primary N) is 1. The molecule has 1 atom stereocenters. The molecule has 1 fully saturated rings. The lowest BCUT2D eigenvalue weighted by atomic mass is 10.1. The number of halogens is 5. The number of aromatic nitrogens is 3. The van der Waals surface area contributed by atoms with E-state index in [9.17, 15) is 30.4 Å². The van der Waals surface area contributed by atoms with Crippen LogP contribution in [0.3, 0.4) is 0 Å². The topological polar surface area (TPSA) is 93.6 Å². The molecule has 3 aromatic rings. The summed E-state index contributed by atoms with van der Waals surface area (Å²) in [5.74, 6) is -4.27. The number of rotatable bonds is 2. The number of hydrogen-bond donors (Lipinski definition) is 1. The zero-order valence-electron chi connectivity index (χ0n) is 17.1. The number of nitrogen functional groups attached to an aromatic ring is 1. The Kier molecular flexibility index (Phi) is 6.69. The predicted octanol–water partition coefficient (Wildman–Crippen LogP) is 3.22. The zero-order valence-corrected chi connectivity index (χ0v) is 17.9. The van der Waals surface area contributed by atoms with E-state index in [0.29, 0.717) is 25.5 Å². The number of alkyl halides is 1. The van der Waals surface area contributed by atoms with Crippen molar-refractivity contribution in [2.75, 3.05) is 25.1 Å². The fourth-order valence-corrected chi connectivity index (χ4v) is 4.15. The number of piperidine rings is 1. The first-order valence-electron chi connectivity index (χ1n) is 9.43. The van der Waals surface area contributed by atoms with E-state index in [0.717, 1.165) is 30.0 Å². The van der Waals surface area contributed by atoms with Crippen LogP contribution in [0.1, 0.15) is 18.4 Å². The van der Waals surface area contributed by atoms with E-state index in [2.05, 4.69) is 10.1 Å². The molecule has 1 aromatic carbocycles. The number of nitrogens with zero attached hydrogens (tertiary/aromatic N) is 4. The van der Waals surface area contributed by atoms with Gasteiger partial charge in [0.25, 0.3) is 0 Å². The molecule has 0 amide bonds. The van der Waals surface area contributed by atoms with Gasteiger partial charge in [-0.3, -0.25) is 0 Å².